The second-order valence-electron chi connectivity index (χ2n) is 37.5. The van der Waals surface area contributed by atoms with Gasteiger partial charge >= 0.3 is 17.9 Å². The highest BCUT2D eigenvalue weighted by Crippen LogP contribution is 2.20. The number of aromatic nitrogens is 2. The number of aromatic amines is 2. The van der Waals surface area contributed by atoms with Gasteiger partial charge in [-0.15, -0.1) is 0 Å². The zero-order valence-electron chi connectivity index (χ0n) is 89.8. The van der Waals surface area contributed by atoms with E-state index < -0.39 is 196 Å². The van der Waals surface area contributed by atoms with Gasteiger partial charge in [0.05, 0.1) is 52.1 Å². The molecule has 26 N–H and O–H groups in total. The number of para-hydroxylation sites is 2. The number of guanidine groups is 1. The number of carboxylic acid groups (broad SMARTS) is 3. The van der Waals surface area contributed by atoms with Crippen molar-refractivity contribution in [1.29, 1.82) is 0 Å². The number of nitrogens with two attached hydrogens (primary N) is 3. The SMILES string of the molecule is CC(C)C[C@H](NC(=O)CNC(=O)[C@H](Cc1ccccc1)NC(=O)CNC(=O)[C@@H](C)CC(=O)O)C(=O)NCC(=O)N[C@@H](CCCN=C(N)N)C(=O)NCC(=O)N[C@@H](C)C(=O)NCC(=O)O.CCC(N)=O.CCCCCCCCCCCCCCCC(=O)NCCCC[C@H](NC(=O)CCCCCCCCCCCCCCC)C(=O)NCC(=O)N[C@@H](CC(=O)O)C(=O)NCC(=O)NC.Cc1c[nH]c2ccccc12.Cc1c[nH]c2ccccc12. The van der Waals surface area contributed by atoms with Crippen molar-refractivity contribution in [3.8, 4) is 0 Å². The number of aliphatic imine (C=N–C) groups is 1. The Balaban J connectivity index is 0.00000120. The van der Waals surface area contributed by atoms with E-state index in [1.54, 1.807) is 51.1 Å². The molecule has 0 aliphatic carbocycles. The number of nitrogens with one attached hydrogen (secondary N) is 17. The molecule has 0 fully saturated rings. The number of primary amides is 1. The summed E-state index contributed by atoms with van der Waals surface area (Å²) < 4.78 is 0. The summed E-state index contributed by atoms with van der Waals surface area (Å²) >= 11 is 0. The van der Waals surface area contributed by atoms with E-state index in [4.69, 9.17) is 21.7 Å². The Bertz CT molecular complexity index is 4840. The van der Waals surface area contributed by atoms with Crippen LogP contribution in [0.4, 0.5) is 0 Å². The van der Waals surface area contributed by atoms with Crippen molar-refractivity contribution < 1.29 is 106 Å². The predicted octanol–water partition coefficient (Wildman–Crippen LogP) is 7.56. The van der Waals surface area contributed by atoms with Crippen LogP contribution >= 0.6 is 0 Å². The fourth-order valence-corrected chi connectivity index (χ4v) is 15.2. The van der Waals surface area contributed by atoms with E-state index in [0.29, 0.717) is 44.2 Å². The number of carbonyl (C=O) groups excluding carboxylic acids is 16. The molecule has 0 spiro atoms. The van der Waals surface area contributed by atoms with E-state index in [0.717, 1.165) is 38.5 Å². The second-order valence-corrected chi connectivity index (χ2v) is 37.5. The number of rotatable bonds is 73. The lowest BCUT2D eigenvalue weighted by molar-refractivity contribution is -0.141. The van der Waals surface area contributed by atoms with Crippen LogP contribution in [0, 0.1) is 25.7 Å². The molecule has 0 unspecified atom stereocenters. The molecule has 0 saturated heterocycles. The van der Waals surface area contributed by atoms with Crippen LogP contribution in [-0.2, 0) is 97.5 Å². The minimum atomic E-state index is -1.47. The third-order valence-electron chi connectivity index (χ3n) is 23.7. The number of amides is 16. The van der Waals surface area contributed by atoms with Crippen molar-refractivity contribution >= 4 is 140 Å². The summed E-state index contributed by atoms with van der Waals surface area (Å²) in [5.74, 6) is -15.3. The van der Waals surface area contributed by atoms with Gasteiger partial charge in [0.1, 0.15) is 42.8 Å². The summed E-state index contributed by atoms with van der Waals surface area (Å²) in [6, 6.07) is 18.0. The predicted molar refractivity (Wildman–Crippen MR) is 576 cm³/mol. The normalized spacial score (nSPS) is 12.0. The summed E-state index contributed by atoms with van der Waals surface area (Å²) in [6.45, 7) is 13.1. The van der Waals surface area contributed by atoms with Gasteiger partial charge in [0.2, 0.25) is 94.5 Å². The Kier molecular flexibility index (Phi) is 74.0. The highest BCUT2D eigenvalue weighted by molar-refractivity contribution is 5.98. The number of nitrogens with zero attached hydrogens (tertiary/aromatic N) is 1. The van der Waals surface area contributed by atoms with E-state index >= 15 is 0 Å². The van der Waals surface area contributed by atoms with E-state index in [1.807, 2.05) is 24.5 Å². The van der Waals surface area contributed by atoms with E-state index in [1.165, 1.54) is 176 Å². The summed E-state index contributed by atoms with van der Waals surface area (Å²) in [4.78, 5) is 243. The molecule has 0 saturated carbocycles. The molecule has 0 aliphatic heterocycles. The van der Waals surface area contributed by atoms with Crippen LogP contribution < -0.4 is 97.0 Å². The summed E-state index contributed by atoms with van der Waals surface area (Å²) in [5.41, 5.74) is 21.1. The Labute approximate surface area is 882 Å². The highest BCUT2D eigenvalue weighted by atomic mass is 16.4. The van der Waals surface area contributed by atoms with Crippen molar-refractivity contribution in [2.45, 2.75) is 343 Å². The van der Waals surface area contributed by atoms with E-state index in [-0.39, 0.29) is 74.7 Å². The number of hydrogen-bond acceptors (Lipinski definition) is 20. The Morgan fingerprint density at radius 3 is 1.09 bits per heavy atom. The topological polar surface area (TPSA) is 687 Å². The first-order chi connectivity index (χ1) is 71.6. The molecule has 2 aromatic heterocycles. The molecule has 0 radical (unpaired) electrons. The number of fused-ring (bicyclic) bond motifs is 2. The second kappa shape index (κ2) is 82.8. The first-order valence-corrected chi connectivity index (χ1v) is 52.9. The maximum absolute atomic E-state index is 13.3. The number of H-pyrrole nitrogens is 2. The van der Waals surface area contributed by atoms with Gasteiger partial charge in [-0.3, -0.25) is 96.1 Å². The molecule has 7 atom stereocenters. The molecule has 16 amide bonds. The van der Waals surface area contributed by atoms with Gasteiger partial charge in [0.15, 0.2) is 5.96 Å². The smallest absolute Gasteiger partial charge is 0.322 e. The summed E-state index contributed by atoms with van der Waals surface area (Å²) in [6.07, 6.45) is 37.5. The van der Waals surface area contributed by atoms with Gasteiger partial charge in [-0.25, -0.2) is 0 Å². The van der Waals surface area contributed by atoms with Gasteiger partial charge in [0, 0.05) is 85.9 Å². The fourth-order valence-electron chi connectivity index (χ4n) is 15.2. The third-order valence-corrected chi connectivity index (χ3v) is 23.7. The van der Waals surface area contributed by atoms with Crippen molar-refractivity contribution in [2.75, 3.05) is 66.0 Å². The minimum absolute atomic E-state index is 0.00506. The molecule has 838 valence electrons. The number of aryl methyl sites for hydroxylation is 2. The molecule has 150 heavy (non-hydrogen) atoms. The summed E-state index contributed by atoms with van der Waals surface area (Å²) in [5, 5.41) is 66.0. The lowest BCUT2D eigenvalue weighted by atomic mass is 10.0. The van der Waals surface area contributed by atoms with E-state index in [2.05, 4.69) is 165 Å². The van der Waals surface area contributed by atoms with Gasteiger partial charge in [-0.2, -0.15) is 0 Å². The monoisotopic (exact) mass is 2100 g/mol. The number of likely N-dealkylation sites (N-methyl/N-ethyl adjacent to an activating group) is 1. The molecule has 0 aliphatic rings. The zero-order valence-corrected chi connectivity index (χ0v) is 89.8. The standard InChI is InChI=1S/C47H88N6O8.C39H60N12O13.2C9H9N.C3H7NO/c1-4-6-8-10-12-14-16-18-20-22-24-26-28-33-41(54)49-35-31-30-32-39(52-42(55)34-29-27-25-23-21-19-17-15-13-11-9-7-5-2)46(60)51-38-44(57)53-40(36-45(58)59)47(61)50-37-43(56)48-3;1-21(2)13-26(50-31(55)19-46-38(64)27(15-24-9-6-5-7-10-24)51-30(54)17-43-34(60)22(3)14-32(56)57)37(63)45-18-29(53)49-25(11-8-12-42-39(40)41)36(62)44-16-28(52)48-23(4)35(61)47-20-33(58)59;2*1-7-6-10-9-5-3-2-4-8(7)9;1-2-3(4)5/h39-40H,4-38H2,1-3H3,(H,48,56)(H,49,54)(H,50,61)(H,51,60)(H,52,55)(H,53,57)(H,58,59);5-7,9-10,21-23,25-27H,8,11-20H2,1-4H3,(H,43,60)(H,44,62)(H,45,63)(H,46,64)(H,47,61)(H,48,52)(H,49,53)(H,50,55)(H,51,54)(H,56,57)(H,58,59)(H4,40,41,42);2*2-6,10H,1H3;2H2,1H3,(H2,4,5)/t39-,40-;22-,23-,25-,26-,27-;;;/m00.../s1. The number of carbonyl (C=O) groups is 19. The molecule has 43 nitrogen and oxygen atoms in total. The fraction of sp³-hybridized carbons (Fsp3) is 0.607. The molecule has 5 rings (SSSR count). The third kappa shape index (κ3) is 68.5. The first-order valence-electron chi connectivity index (χ1n) is 52.9. The minimum Gasteiger partial charge on any atom is -0.481 e. The highest BCUT2D eigenvalue weighted by Gasteiger charge is 2.31. The van der Waals surface area contributed by atoms with Gasteiger partial charge < -0.3 is 122 Å². The Morgan fingerprint density at radius 1 is 0.340 bits per heavy atom. The first kappa shape index (κ1) is 134. The number of carboxylic acids is 3. The van der Waals surface area contributed by atoms with Crippen LogP contribution in [0.15, 0.2) is 96.2 Å². The molecule has 3 aromatic carbocycles. The van der Waals surface area contributed by atoms with Crippen molar-refractivity contribution in [3.63, 3.8) is 0 Å². The zero-order chi connectivity index (χ0) is 112. The Morgan fingerprint density at radius 2 is 0.687 bits per heavy atom. The average Bonchev–Trinajstić information content (AvgIpc) is 1.71. The molecule has 2 heterocycles. The van der Waals surface area contributed by atoms with E-state index in [9.17, 15) is 96.2 Å². The van der Waals surface area contributed by atoms with Crippen LogP contribution in [0.25, 0.3) is 21.8 Å². The Hall–Kier alpha value is -14.1. The quantitative estimate of drug-likeness (QED) is 0.0101. The van der Waals surface area contributed by atoms with Crippen LogP contribution in [0.2, 0.25) is 0 Å². The average molecular weight is 2110 g/mol. The molecule has 0 bridgehead atoms. The number of benzene rings is 3. The molecular formula is C107H173N21O22. The van der Waals surface area contributed by atoms with Crippen molar-refractivity contribution in [1.82, 2.24) is 89.7 Å². The van der Waals surface area contributed by atoms with Gasteiger partial charge in [-0.1, -0.05) is 262 Å². The van der Waals surface area contributed by atoms with Crippen LogP contribution in [0.1, 0.15) is 303 Å². The van der Waals surface area contributed by atoms with Crippen LogP contribution in [0.3, 0.4) is 0 Å². The van der Waals surface area contributed by atoms with Crippen LogP contribution in [0.5, 0.6) is 0 Å². The maximum Gasteiger partial charge on any atom is 0.322 e. The maximum atomic E-state index is 13.3. The lowest BCUT2D eigenvalue weighted by Crippen LogP contribution is -2.55. The summed E-state index contributed by atoms with van der Waals surface area (Å²) in [7, 11) is 1.38. The number of hydrogen-bond donors (Lipinski definition) is 23. The van der Waals surface area contributed by atoms with Gasteiger partial charge in [-0.05, 0) is 107 Å². The molecule has 43 heteroatoms. The molecular weight excluding hydrogens is 1930 g/mol. The van der Waals surface area contributed by atoms with Crippen molar-refractivity contribution in [3.05, 3.63) is 108 Å². The molecule has 5 aromatic rings. The largest absolute Gasteiger partial charge is 0.481 e. The van der Waals surface area contributed by atoms with Gasteiger partial charge in [0.25, 0.3) is 0 Å². The lowest BCUT2D eigenvalue weighted by Gasteiger charge is -2.22. The van der Waals surface area contributed by atoms with Crippen molar-refractivity contribution in [2.24, 2.45) is 34.0 Å². The number of aliphatic carboxylic acids is 3. The number of unbranched alkanes of at least 4 members (excludes halogenated alkanes) is 25. The van der Waals surface area contributed by atoms with Crippen LogP contribution in [-0.4, -0.2) is 246 Å².